The van der Waals surface area contributed by atoms with Crippen molar-refractivity contribution in [3.63, 3.8) is 0 Å². The molecule has 14 heavy (non-hydrogen) atoms. The van der Waals surface area contributed by atoms with Crippen molar-refractivity contribution in [2.24, 2.45) is 5.92 Å². The zero-order valence-corrected chi connectivity index (χ0v) is 8.82. The minimum absolute atomic E-state index is 0.151. The third-order valence-electron chi connectivity index (χ3n) is 1.87. The van der Waals surface area contributed by atoms with Crippen molar-refractivity contribution in [3.8, 4) is 0 Å². The maximum Gasteiger partial charge on any atom is 0.391 e. The highest BCUT2D eigenvalue weighted by Crippen LogP contribution is 2.20. The highest BCUT2D eigenvalue weighted by Gasteiger charge is 2.27. The number of ether oxygens (including phenoxy) is 1. The molecule has 0 radical (unpaired) electrons. The first-order valence-corrected chi connectivity index (χ1v) is 4.69. The zero-order chi connectivity index (χ0) is 11.2. The standard InChI is InChI=1S/C9H18F3NO/c1-7(2)8(6-13-3)14-5-4-9(10,11)12/h7-8,13H,4-6H2,1-3H3. The van der Waals surface area contributed by atoms with E-state index in [4.69, 9.17) is 4.74 Å². The van der Waals surface area contributed by atoms with E-state index in [1.165, 1.54) is 0 Å². The highest BCUT2D eigenvalue weighted by molar-refractivity contribution is 4.64. The Bertz CT molecular complexity index is 147. The Kier molecular flexibility index (Phi) is 6.11. The SMILES string of the molecule is CNCC(OCCC(F)(F)F)C(C)C. The molecule has 5 heteroatoms. The molecule has 0 saturated heterocycles. The number of likely N-dealkylation sites (N-methyl/N-ethyl adjacent to an activating group) is 1. The summed E-state index contributed by atoms with van der Waals surface area (Å²) in [5.41, 5.74) is 0. The van der Waals surface area contributed by atoms with E-state index < -0.39 is 12.6 Å². The summed E-state index contributed by atoms with van der Waals surface area (Å²) >= 11 is 0. The number of rotatable bonds is 6. The third kappa shape index (κ3) is 7.15. The van der Waals surface area contributed by atoms with Gasteiger partial charge in [-0.05, 0) is 13.0 Å². The first-order chi connectivity index (χ1) is 6.37. The topological polar surface area (TPSA) is 21.3 Å². The molecule has 1 N–H and O–H groups in total. The summed E-state index contributed by atoms with van der Waals surface area (Å²) in [5, 5.41) is 2.89. The molecule has 0 fully saturated rings. The van der Waals surface area contributed by atoms with Gasteiger partial charge in [-0.15, -0.1) is 0 Å². The van der Waals surface area contributed by atoms with Gasteiger partial charge in [0.25, 0.3) is 0 Å². The molecule has 0 heterocycles. The Balaban J connectivity index is 3.72. The van der Waals surface area contributed by atoms with E-state index in [1.807, 2.05) is 13.8 Å². The van der Waals surface area contributed by atoms with Crippen molar-refractivity contribution in [2.75, 3.05) is 20.2 Å². The van der Waals surface area contributed by atoms with Crippen molar-refractivity contribution >= 4 is 0 Å². The molecule has 0 bridgehead atoms. The molecule has 0 spiro atoms. The Morgan fingerprint density at radius 2 is 1.86 bits per heavy atom. The summed E-state index contributed by atoms with van der Waals surface area (Å²) in [6, 6.07) is 0. The van der Waals surface area contributed by atoms with Gasteiger partial charge in [-0.25, -0.2) is 0 Å². The molecule has 1 atom stereocenters. The van der Waals surface area contributed by atoms with Crippen molar-refractivity contribution in [3.05, 3.63) is 0 Å². The zero-order valence-electron chi connectivity index (χ0n) is 8.82. The number of nitrogens with one attached hydrogen (secondary N) is 1. The Morgan fingerprint density at radius 3 is 2.21 bits per heavy atom. The van der Waals surface area contributed by atoms with Gasteiger partial charge >= 0.3 is 6.18 Å². The summed E-state index contributed by atoms with van der Waals surface area (Å²) in [6.07, 6.45) is -5.15. The maximum absolute atomic E-state index is 11.8. The van der Waals surface area contributed by atoms with Crippen molar-refractivity contribution in [2.45, 2.75) is 32.5 Å². The minimum Gasteiger partial charge on any atom is -0.376 e. The molecule has 0 aromatic rings. The lowest BCUT2D eigenvalue weighted by Gasteiger charge is -2.21. The summed E-state index contributed by atoms with van der Waals surface area (Å²) < 4.78 is 40.5. The predicted molar refractivity (Wildman–Crippen MR) is 49.2 cm³/mol. The highest BCUT2D eigenvalue weighted by atomic mass is 19.4. The largest absolute Gasteiger partial charge is 0.391 e. The summed E-state index contributed by atoms with van der Waals surface area (Å²) in [5.74, 6) is 0.218. The monoisotopic (exact) mass is 213 g/mol. The summed E-state index contributed by atoms with van der Waals surface area (Å²) in [4.78, 5) is 0. The van der Waals surface area contributed by atoms with E-state index >= 15 is 0 Å². The van der Waals surface area contributed by atoms with Crippen LogP contribution >= 0.6 is 0 Å². The van der Waals surface area contributed by atoms with Gasteiger partial charge in [-0.1, -0.05) is 13.8 Å². The van der Waals surface area contributed by atoms with Crippen LogP contribution in [0.15, 0.2) is 0 Å². The quantitative estimate of drug-likeness (QED) is 0.730. The molecule has 0 aliphatic rings. The van der Waals surface area contributed by atoms with Gasteiger partial charge in [-0.2, -0.15) is 13.2 Å². The van der Waals surface area contributed by atoms with Gasteiger partial charge in [0.2, 0.25) is 0 Å². The molecule has 0 amide bonds. The fraction of sp³-hybridized carbons (Fsp3) is 1.00. The Hall–Kier alpha value is -0.290. The van der Waals surface area contributed by atoms with Gasteiger partial charge in [0.1, 0.15) is 0 Å². The van der Waals surface area contributed by atoms with E-state index in [2.05, 4.69) is 5.32 Å². The van der Waals surface area contributed by atoms with Crippen LogP contribution in [0.5, 0.6) is 0 Å². The third-order valence-corrected chi connectivity index (χ3v) is 1.87. The van der Waals surface area contributed by atoms with Crippen LogP contribution in [0, 0.1) is 5.92 Å². The molecule has 2 nitrogen and oxygen atoms in total. The average Bonchev–Trinajstić information content (AvgIpc) is 2.00. The van der Waals surface area contributed by atoms with Gasteiger partial charge in [0.15, 0.2) is 0 Å². The van der Waals surface area contributed by atoms with Crippen LogP contribution in [-0.4, -0.2) is 32.5 Å². The van der Waals surface area contributed by atoms with Crippen molar-refractivity contribution in [1.82, 2.24) is 5.32 Å². The van der Waals surface area contributed by atoms with Gasteiger partial charge < -0.3 is 10.1 Å². The molecular weight excluding hydrogens is 195 g/mol. The number of alkyl halides is 3. The first-order valence-electron chi connectivity index (χ1n) is 4.69. The number of hydrogen-bond acceptors (Lipinski definition) is 2. The van der Waals surface area contributed by atoms with E-state index in [0.717, 1.165) is 0 Å². The lowest BCUT2D eigenvalue weighted by atomic mass is 10.1. The number of halogens is 3. The van der Waals surface area contributed by atoms with Crippen LogP contribution in [0.4, 0.5) is 13.2 Å². The molecule has 0 aromatic carbocycles. The minimum atomic E-state index is -4.12. The smallest absolute Gasteiger partial charge is 0.376 e. The lowest BCUT2D eigenvalue weighted by Crippen LogP contribution is -2.32. The summed E-state index contributed by atoms with van der Waals surface area (Å²) in [6.45, 7) is 4.18. The average molecular weight is 213 g/mol. The van der Waals surface area contributed by atoms with Gasteiger partial charge in [0.05, 0.1) is 19.1 Å². The van der Waals surface area contributed by atoms with E-state index in [9.17, 15) is 13.2 Å². The predicted octanol–water partition coefficient (Wildman–Crippen LogP) is 2.20. The number of hydrogen-bond donors (Lipinski definition) is 1. The second-order valence-electron chi connectivity index (χ2n) is 3.58. The fourth-order valence-corrected chi connectivity index (χ4v) is 1.01. The van der Waals surface area contributed by atoms with Crippen LogP contribution < -0.4 is 5.32 Å². The molecule has 1 unspecified atom stereocenters. The van der Waals surface area contributed by atoms with Crippen molar-refractivity contribution < 1.29 is 17.9 Å². The van der Waals surface area contributed by atoms with Crippen LogP contribution in [0.2, 0.25) is 0 Å². The van der Waals surface area contributed by atoms with Gasteiger partial charge in [0, 0.05) is 6.54 Å². The molecule has 86 valence electrons. The van der Waals surface area contributed by atoms with Crippen molar-refractivity contribution in [1.29, 1.82) is 0 Å². The van der Waals surface area contributed by atoms with E-state index in [-0.39, 0.29) is 18.6 Å². The van der Waals surface area contributed by atoms with E-state index in [0.29, 0.717) is 6.54 Å². The fourth-order valence-electron chi connectivity index (χ4n) is 1.01. The molecular formula is C9H18F3NO. The first kappa shape index (κ1) is 13.7. The summed E-state index contributed by atoms with van der Waals surface area (Å²) in [7, 11) is 1.75. The normalized spacial score (nSPS) is 14.8. The second-order valence-corrected chi connectivity index (χ2v) is 3.58. The molecule has 0 aliphatic heterocycles. The van der Waals surface area contributed by atoms with E-state index in [1.54, 1.807) is 7.05 Å². The second kappa shape index (κ2) is 6.24. The molecule has 0 rings (SSSR count). The van der Waals surface area contributed by atoms with Crippen LogP contribution in [0.25, 0.3) is 0 Å². The van der Waals surface area contributed by atoms with Crippen LogP contribution in [-0.2, 0) is 4.74 Å². The van der Waals surface area contributed by atoms with Crippen LogP contribution in [0.3, 0.4) is 0 Å². The lowest BCUT2D eigenvalue weighted by molar-refractivity contribution is -0.150. The Labute approximate surface area is 82.8 Å². The van der Waals surface area contributed by atoms with Crippen LogP contribution in [0.1, 0.15) is 20.3 Å². The molecule has 0 saturated carbocycles. The molecule has 0 aliphatic carbocycles. The Morgan fingerprint density at radius 1 is 1.29 bits per heavy atom. The maximum atomic E-state index is 11.8. The molecule has 0 aromatic heterocycles. The van der Waals surface area contributed by atoms with Gasteiger partial charge in [-0.3, -0.25) is 0 Å².